The number of carbonyl (C=O) groups is 1. The molecule has 2 aromatic heterocycles. The van der Waals surface area contributed by atoms with Crippen molar-refractivity contribution in [1.82, 2.24) is 24.6 Å². The average molecular weight is 545 g/mol. The molecule has 1 aliphatic rings. The van der Waals surface area contributed by atoms with Gasteiger partial charge in [0, 0.05) is 32.6 Å². The zero-order valence-electron chi connectivity index (χ0n) is 23.5. The number of fused-ring (bicyclic) bond motifs is 1. The van der Waals surface area contributed by atoms with Crippen molar-refractivity contribution in [3.8, 4) is 5.69 Å². The molecular formula is C31H37FN6O2. The summed E-state index contributed by atoms with van der Waals surface area (Å²) < 4.78 is 21.1. The van der Waals surface area contributed by atoms with Gasteiger partial charge in [0.1, 0.15) is 24.1 Å². The molecule has 1 saturated heterocycles. The second kappa shape index (κ2) is 12.6. The third-order valence-corrected chi connectivity index (χ3v) is 7.23. The molecule has 0 N–H and O–H groups in total. The van der Waals surface area contributed by atoms with Gasteiger partial charge in [-0.2, -0.15) is 5.10 Å². The quantitative estimate of drug-likeness (QED) is 0.292. The molecular weight excluding hydrogens is 507 g/mol. The molecule has 40 heavy (non-hydrogen) atoms. The molecule has 0 aliphatic carbocycles. The zero-order valence-corrected chi connectivity index (χ0v) is 23.5. The number of carbonyl (C=O) groups excluding carboxylic acids is 1. The lowest BCUT2D eigenvalue weighted by Crippen LogP contribution is -2.37. The highest BCUT2D eigenvalue weighted by atomic mass is 19.1. The Morgan fingerprint density at radius 3 is 2.52 bits per heavy atom. The minimum atomic E-state index is -0.293. The normalized spacial score (nSPS) is 14.2. The number of benzene rings is 2. The van der Waals surface area contributed by atoms with Crippen LogP contribution in [0, 0.1) is 18.7 Å². The Bertz CT molecular complexity index is 1440. The smallest absolute Gasteiger partial charge is 0.248 e. The molecule has 1 aliphatic heterocycles. The molecule has 1 fully saturated rings. The number of hydrogen-bond acceptors (Lipinski definition) is 6. The molecule has 0 radical (unpaired) electrons. The van der Waals surface area contributed by atoms with Crippen molar-refractivity contribution in [3.63, 3.8) is 0 Å². The number of nitrogens with zero attached hydrogens (tertiary/aromatic N) is 6. The monoisotopic (exact) mass is 544 g/mol. The highest BCUT2D eigenvalue weighted by molar-refractivity contribution is 5.91. The number of ether oxygens (including phenoxy) is 1. The molecule has 2 aromatic carbocycles. The fourth-order valence-electron chi connectivity index (χ4n) is 5.03. The first-order valence-corrected chi connectivity index (χ1v) is 14.1. The van der Waals surface area contributed by atoms with Gasteiger partial charge in [0.05, 0.1) is 23.4 Å². The van der Waals surface area contributed by atoms with E-state index in [-0.39, 0.29) is 18.3 Å². The van der Waals surface area contributed by atoms with Crippen LogP contribution < -0.4 is 4.90 Å². The van der Waals surface area contributed by atoms with Crippen molar-refractivity contribution in [1.29, 1.82) is 0 Å². The molecule has 1 amide bonds. The number of aryl methyl sites for hydroxylation is 2. The molecule has 4 aromatic rings. The van der Waals surface area contributed by atoms with Gasteiger partial charge in [0.2, 0.25) is 5.91 Å². The Hall–Kier alpha value is -3.85. The summed E-state index contributed by atoms with van der Waals surface area (Å²) in [7, 11) is 0. The highest BCUT2D eigenvalue weighted by Crippen LogP contribution is 2.30. The van der Waals surface area contributed by atoms with Crippen molar-refractivity contribution in [2.45, 2.75) is 46.6 Å². The number of anilines is 1. The topological polar surface area (TPSA) is 76.4 Å². The molecule has 3 heterocycles. The second-order valence-electron chi connectivity index (χ2n) is 10.8. The molecule has 5 rings (SSSR count). The lowest BCUT2D eigenvalue weighted by atomic mass is 10.1. The first-order chi connectivity index (χ1) is 19.4. The predicted molar refractivity (Wildman–Crippen MR) is 154 cm³/mol. The second-order valence-corrected chi connectivity index (χ2v) is 10.8. The molecule has 0 spiro atoms. The van der Waals surface area contributed by atoms with Crippen molar-refractivity contribution in [2.24, 2.45) is 5.92 Å². The Morgan fingerprint density at radius 2 is 1.77 bits per heavy atom. The molecule has 9 heteroatoms. The predicted octanol–water partition coefficient (Wildman–Crippen LogP) is 5.11. The van der Waals surface area contributed by atoms with Crippen molar-refractivity contribution in [3.05, 3.63) is 77.5 Å². The molecule has 0 atom stereocenters. The third-order valence-electron chi connectivity index (χ3n) is 7.23. The van der Waals surface area contributed by atoms with E-state index < -0.39 is 0 Å². The SMILES string of the molecule is Cc1nn(-c2ccc(F)cc2)c2nc(CCC(C)C)nc(N3CCCN(C(=O)COCc4ccccc4)CC3)c12. The first kappa shape index (κ1) is 27.7. The van der Waals surface area contributed by atoms with Crippen LogP contribution in [0.5, 0.6) is 0 Å². The summed E-state index contributed by atoms with van der Waals surface area (Å²) in [5.41, 5.74) is 3.34. The Kier molecular flexibility index (Phi) is 8.69. The number of aromatic nitrogens is 4. The van der Waals surface area contributed by atoms with Gasteiger partial charge in [-0.05, 0) is 55.5 Å². The van der Waals surface area contributed by atoms with E-state index in [9.17, 15) is 9.18 Å². The molecule has 0 bridgehead atoms. The first-order valence-electron chi connectivity index (χ1n) is 14.1. The van der Waals surface area contributed by atoms with Gasteiger partial charge >= 0.3 is 0 Å². The maximum atomic E-state index is 13.6. The largest absolute Gasteiger partial charge is 0.367 e. The summed E-state index contributed by atoms with van der Waals surface area (Å²) in [6.07, 6.45) is 2.55. The maximum absolute atomic E-state index is 13.6. The van der Waals surface area contributed by atoms with Crippen LogP contribution in [0.2, 0.25) is 0 Å². The zero-order chi connectivity index (χ0) is 28.1. The number of rotatable bonds is 9. The van der Waals surface area contributed by atoms with E-state index in [0.29, 0.717) is 32.2 Å². The summed E-state index contributed by atoms with van der Waals surface area (Å²) >= 11 is 0. The maximum Gasteiger partial charge on any atom is 0.248 e. The molecule has 8 nitrogen and oxygen atoms in total. The van der Waals surface area contributed by atoms with Gasteiger partial charge < -0.3 is 14.5 Å². The van der Waals surface area contributed by atoms with Gasteiger partial charge in [-0.15, -0.1) is 0 Å². The van der Waals surface area contributed by atoms with Crippen LogP contribution in [0.25, 0.3) is 16.7 Å². The lowest BCUT2D eigenvalue weighted by molar-refractivity contribution is -0.136. The van der Waals surface area contributed by atoms with Gasteiger partial charge in [-0.3, -0.25) is 4.79 Å². The van der Waals surface area contributed by atoms with Crippen molar-refractivity contribution in [2.75, 3.05) is 37.7 Å². The molecule has 210 valence electrons. The fraction of sp³-hybridized carbons (Fsp3) is 0.419. The third kappa shape index (κ3) is 6.47. The van der Waals surface area contributed by atoms with Gasteiger partial charge in [0.15, 0.2) is 5.65 Å². The number of halogens is 1. The summed E-state index contributed by atoms with van der Waals surface area (Å²) in [5.74, 6) is 1.85. The van der Waals surface area contributed by atoms with Crippen molar-refractivity contribution >= 4 is 22.8 Å². The molecule has 0 saturated carbocycles. The number of hydrogen-bond donors (Lipinski definition) is 0. The summed E-state index contributed by atoms with van der Waals surface area (Å²) in [4.78, 5) is 27.1. The van der Waals surface area contributed by atoms with Crippen LogP contribution >= 0.6 is 0 Å². The lowest BCUT2D eigenvalue weighted by Gasteiger charge is -2.24. The minimum Gasteiger partial charge on any atom is -0.367 e. The Balaban J connectivity index is 1.37. The van der Waals surface area contributed by atoms with Crippen LogP contribution in [0.1, 0.15) is 43.8 Å². The Morgan fingerprint density at radius 1 is 1.00 bits per heavy atom. The average Bonchev–Trinajstić information content (AvgIpc) is 3.11. The van der Waals surface area contributed by atoms with Crippen LogP contribution in [0.4, 0.5) is 10.2 Å². The summed E-state index contributed by atoms with van der Waals surface area (Å²) in [6, 6.07) is 16.2. The van der Waals surface area contributed by atoms with E-state index in [2.05, 4.69) is 18.7 Å². The van der Waals surface area contributed by atoms with Gasteiger partial charge in [0.25, 0.3) is 0 Å². The van der Waals surface area contributed by atoms with E-state index in [4.69, 9.17) is 19.8 Å². The van der Waals surface area contributed by atoms with E-state index >= 15 is 0 Å². The van der Waals surface area contributed by atoms with Gasteiger partial charge in [-0.25, -0.2) is 19.0 Å². The van der Waals surface area contributed by atoms with Gasteiger partial charge in [-0.1, -0.05) is 44.2 Å². The fourth-order valence-corrected chi connectivity index (χ4v) is 5.03. The van der Waals surface area contributed by atoms with E-state index in [0.717, 1.165) is 65.4 Å². The summed E-state index contributed by atoms with van der Waals surface area (Å²) in [5, 5.41) is 5.68. The Labute approximate surface area is 234 Å². The van der Waals surface area contributed by atoms with E-state index in [1.165, 1.54) is 12.1 Å². The van der Waals surface area contributed by atoms with E-state index in [1.54, 1.807) is 16.8 Å². The van der Waals surface area contributed by atoms with E-state index in [1.807, 2.05) is 42.2 Å². The summed E-state index contributed by atoms with van der Waals surface area (Å²) in [6.45, 7) is 9.51. The highest BCUT2D eigenvalue weighted by Gasteiger charge is 2.25. The number of amides is 1. The molecule has 0 unspecified atom stereocenters. The van der Waals surface area contributed by atoms with Crippen LogP contribution in [0.3, 0.4) is 0 Å². The van der Waals surface area contributed by atoms with Crippen LogP contribution in [0.15, 0.2) is 54.6 Å². The minimum absolute atomic E-state index is 0.00329. The van der Waals surface area contributed by atoms with Crippen molar-refractivity contribution < 1.29 is 13.9 Å². The van der Waals surface area contributed by atoms with Crippen LogP contribution in [-0.2, 0) is 22.6 Å². The standard InChI is InChI=1S/C31H37FN6O2/c1-22(2)10-15-27-33-30(29-23(3)35-38(31(29)34-27)26-13-11-25(32)12-14-26)37-17-7-16-36(18-19-37)28(39)21-40-20-24-8-5-4-6-9-24/h4-6,8-9,11-14,22H,7,10,15-21H2,1-3H3. The van der Waals surface area contributed by atoms with Crippen LogP contribution in [-0.4, -0.2) is 63.3 Å².